The number of aryl methyl sites for hydroxylation is 1. The molecule has 2 heterocycles. The Labute approximate surface area is 149 Å². The van der Waals surface area contributed by atoms with Gasteiger partial charge in [0.1, 0.15) is 6.54 Å². The van der Waals surface area contributed by atoms with Crippen LogP contribution in [0.3, 0.4) is 0 Å². The van der Waals surface area contributed by atoms with Crippen LogP contribution in [0.2, 0.25) is 0 Å². The zero-order chi connectivity index (χ0) is 16.8. The van der Waals surface area contributed by atoms with E-state index in [2.05, 4.69) is 41.8 Å². The molecule has 0 radical (unpaired) electrons. The van der Waals surface area contributed by atoms with Gasteiger partial charge in [-0.05, 0) is 44.8 Å². The maximum atomic E-state index is 2.59. The lowest BCUT2D eigenvalue weighted by Gasteiger charge is -2.30. The van der Waals surface area contributed by atoms with Crippen molar-refractivity contribution >= 4 is 0 Å². The molecule has 3 rings (SSSR count). The molecule has 2 atom stereocenters. The van der Waals surface area contributed by atoms with Crippen LogP contribution < -0.4 is 4.57 Å². The van der Waals surface area contributed by atoms with Crippen molar-refractivity contribution in [2.24, 2.45) is 5.92 Å². The Morgan fingerprint density at radius 1 is 1.04 bits per heavy atom. The molecule has 0 unspecified atom stereocenters. The average Bonchev–Trinajstić information content (AvgIpc) is 2.99. The van der Waals surface area contributed by atoms with Crippen molar-refractivity contribution in [3.63, 3.8) is 0 Å². The highest BCUT2D eigenvalue weighted by Gasteiger charge is 2.40. The first-order valence-electron chi connectivity index (χ1n) is 10.5. The Bertz CT molecular complexity index is 511. The summed E-state index contributed by atoms with van der Waals surface area (Å²) in [5.41, 5.74) is 3.27. The molecule has 2 nitrogen and oxygen atoms in total. The minimum atomic E-state index is 0.694. The van der Waals surface area contributed by atoms with Gasteiger partial charge in [0.05, 0.1) is 0 Å². The predicted molar refractivity (Wildman–Crippen MR) is 101 cm³/mol. The van der Waals surface area contributed by atoms with Crippen LogP contribution in [-0.4, -0.2) is 18.5 Å². The summed E-state index contributed by atoms with van der Waals surface area (Å²) in [4.78, 5) is 2.59. The summed E-state index contributed by atoms with van der Waals surface area (Å²) in [6.07, 6.45) is 17.7. The van der Waals surface area contributed by atoms with Crippen LogP contribution in [0.5, 0.6) is 0 Å². The summed E-state index contributed by atoms with van der Waals surface area (Å²) in [7, 11) is 2.32. The van der Waals surface area contributed by atoms with Gasteiger partial charge in [0.15, 0.2) is 11.9 Å². The first-order chi connectivity index (χ1) is 11.8. The molecule has 134 valence electrons. The molecule has 1 aromatic rings. The molecule has 0 N–H and O–H groups in total. The minimum Gasteiger partial charge on any atom is -0.299 e. The van der Waals surface area contributed by atoms with Crippen molar-refractivity contribution in [2.75, 3.05) is 13.6 Å². The number of pyridine rings is 1. The SMILES string of the molecule is CCCCCCCCCC[n+]1cccc2c1CC[C@@H]1CCN(C)[C@H]21. The summed E-state index contributed by atoms with van der Waals surface area (Å²) < 4.78 is 2.58. The topological polar surface area (TPSA) is 7.12 Å². The largest absolute Gasteiger partial charge is 0.299 e. The lowest BCUT2D eigenvalue weighted by atomic mass is 9.82. The molecule has 1 aliphatic heterocycles. The summed E-state index contributed by atoms with van der Waals surface area (Å²) in [6.45, 7) is 4.80. The van der Waals surface area contributed by atoms with E-state index in [0.29, 0.717) is 6.04 Å². The monoisotopic (exact) mass is 329 g/mol. The Morgan fingerprint density at radius 2 is 1.79 bits per heavy atom. The van der Waals surface area contributed by atoms with Crippen molar-refractivity contribution in [3.8, 4) is 0 Å². The molecule has 1 aliphatic carbocycles. The third kappa shape index (κ3) is 4.20. The lowest BCUT2D eigenvalue weighted by Crippen LogP contribution is -2.42. The van der Waals surface area contributed by atoms with E-state index in [-0.39, 0.29) is 0 Å². The minimum absolute atomic E-state index is 0.694. The van der Waals surface area contributed by atoms with Gasteiger partial charge in [-0.3, -0.25) is 4.90 Å². The highest BCUT2D eigenvalue weighted by Crippen LogP contribution is 2.42. The maximum Gasteiger partial charge on any atom is 0.186 e. The van der Waals surface area contributed by atoms with Crippen molar-refractivity contribution in [1.29, 1.82) is 0 Å². The number of likely N-dealkylation sites (tertiary alicyclic amines) is 1. The van der Waals surface area contributed by atoms with E-state index in [1.807, 2.05) is 0 Å². The van der Waals surface area contributed by atoms with Gasteiger partial charge in [0, 0.05) is 30.5 Å². The van der Waals surface area contributed by atoms with E-state index < -0.39 is 0 Å². The Hall–Kier alpha value is -0.890. The molecule has 0 aromatic carbocycles. The van der Waals surface area contributed by atoms with E-state index >= 15 is 0 Å². The second kappa shape index (κ2) is 8.99. The second-order valence-electron chi connectivity index (χ2n) is 8.09. The van der Waals surface area contributed by atoms with Gasteiger partial charge in [-0.15, -0.1) is 0 Å². The third-order valence-corrected chi connectivity index (χ3v) is 6.32. The van der Waals surface area contributed by atoms with Gasteiger partial charge in [-0.1, -0.05) is 45.4 Å². The number of unbranched alkanes of at least 4 members (excludes halogenated alkanes) is 7. The lowest BCUT2D eigenvalue weighted by molar-refractivity contribution is -0.705. The van der Waals surface area contributed by atoms with Crippen LogP contribution in [0.15, 0.2) is 18.3 Å². The van der Waals surface area contributed by atoms with E-state index in [1.54, 1.807) is 11.3 Å². The Balaban J connectivity index is 1.49. The molecule has 0 bridgehead atoms. The molecular weight excluding hydrogens is 292 g/mol. The fraction of sp³-hybridized carbons (Fsp3) is 0.773. The third-order valence-electron chi connectivity index (χ3n) is 6.32. The second-order valence-corrected chi connectivity index (χ2v) is 8.09. The van der Waals surface area contributed by atoms with E-state index in [1.165, 1.54) is 83.7 Å². The normalized spacial score (nSPS) is 23.2. The molecule has 2 aliphatic rings. The number of hydrogen-bond acceptors (Lipinski definition) is 1. The quantitative estimate of drug-likeness (QED) is 0.454. The van der Waals surface area contributed by atoms with Gasteiger partial charge >= 0.3 is 0 Å². The molecule has 1 aromatic heterocycles. The van der Waals surface area contributed by atoms with Gasteiger partial charge in [-0.25, -0.2) is 4.57 Å². The highest BCUT2D eigenvalue weighted by atomic mass is 15.2. The highest BCUT2D eigenvalue weighted by molar-refractivity contribution is 5.25. The molecule has 0 saturated carbocycles. The predicted octanol–water partition coefficient (Wildman–Crippen LogP) is 5.05. The van der Waals surface area contributed by atoms with Gasteiger partial charge in [0.25, 0.3) is 0 Å². The summed E-state index contributed by atoms with van der Waals surface area (Å²) in [5, 5.41) is 0. The molecule has 1 saturated heterocycles. The van der Waals surface area contributed by atoms with Gasteiger partial charge in [-0.2, -0.15) is 0 Å². The average molecular weight is 330 g/mol. The standard InChI is InChI=1S/C22H37N2/c1-3-4-5-6-7-8-9-10-16-24-17-11-12-20-21(24)14-13-19-15-18-23(2)22(19)20/h11-12,17,19,22H,3-10,13-16,18H2,1-2H3/q+1/t19-,22+/m1/s1. The van der Waals surface area contributed by atoms with Gasteiger partial charge < -0.3 is 0 Å². The number of aromatic nitrogens is 1. The van der Waals surface area contributed by atoms with Crippen LogP contribution >= 0.6 is 0 Å². The smallest absolute Gasteiger partial charge is 0.186 e. The van der Waals surface area contributed by atoms with E-state index in [0.717, 1.165) is 5.92 Å². The number of fused-ring (bicyclic) bond motifs is 3. The Morgan fingerprint density at radius 3 is 2.58 bits per heavy atom. The van der Waals surface area contributed by atoms with Crippen LogP contribution in [0, 0.1) is 5.92 Å². The van der Waals surface area contributed by atoms with Crippen LogP contribution in [0.1, 0.15) is 88.4 Å². The summed E-state index contributed by atoms with van der Waals surface area (Å²) in [6, 6.07) is 5.39. The molecule has 0 amide bonds. The van der Waals surface area contributed by atoms with Crippen molar-refractivity contribution in [3.05, 3.63) is 29.6 Å². The van der Waals surface area contributed by atoms with Crippen molar-refractivity contribution in [1.82, 2.24) is 4.90 Å². The molecule has 1 fully saturated rings. The van der Waals surface area contributed by atoms with E-state index in [9.17, 15) is 0 Å². The van der Waals surface area contributed by atoms with E-state index in [4.69, 9.17) is 0 Å². The number of hydrogen-bond donors (Lipinski definition) is 0. The maximum absolute atomic E-state index is 2.59. The summed E-state index contributed by atoms with van der Waals surface area (Å²) in [5.74, 6) is 0.904. The Kier molecular flexibility index (Phi) is 6.71. The number of nitrogens with zero attached hydrogens (tertiary/aromatic N) is 2. The van der Waals surface area contributed by atoms with Gasteiger partial charge in [0.2, 0.25) is 0 Å². The van der Waals surface area contributed by atoms with Crippen LogP contribution in [0.4, 0.5) is 0 Å². The van der Waals surface area contributed by atoms with Crippen LogP contribution in [-0.2, 0) is 13.0 Å². The molecule has 2 heteroatoms. The molecule has 24 heavy (non-hydrogen) atoms. The van der Waals surface area contributed by atoms with Crippen LogP contribution in [0.25, 0.3) is 0 Å². The fourth-order valence-corrected chi connectivity index (χ4v) is 4.93. The first kappa shape index (κ1) is 17.9. The number of rotatable bonds is 9. The van der Waals surface area contributed by atoms with Crippen molar-refractivity contribution < 1.29 is 4.57 Å². The molecular formula is C22H37N2+. The zero-order valence-corrected chi connectivity index (χ0v) is 16.0. The zero-order valence-electron chi connectivity index (χ0n) is 16.0. The molecule has 0 spiro atoms. The fourth-order valence-electron chi connectivity index (χ4n) is 4.93. The summed E-state index contributed by atoms with van der Waals surface area (Å²) >= 11 is 0. The first-order valence-corrected chi connectivity index (χ1v) is 10.5. The van der Waals surface area contributed by atoms with Crippen molar-refractivity contribution in [2.45, 2.75) is 90.1 Å².